The van der Waals surface area contributed by atoms with Crippen molar-refractivity contribution in [3.05, 3.63) is 0 Å². The van der Waals surface area contributed by atoms with Gasteiger partial charge >= 0.3 is 0 Å². The van der Waals surface area contributed by atoms with Gasteiger partial charge in [0.05, 0.1) is 0 Å². The Balaban J connectivity index is 2.35. The average molecular weight is 203 g/mol. The minimum atomic E-state index is -0.675. The maximum absolute atomic E-state index is 11.8. The summed E-state index contributed by atoms with van der Waals surface area (Å²) in [6.45, 7) is 8.36. The summed E-state index contributed by atoms with van der Waals surface area (Å²) in [7, 11) is -0.675. The molecule has 2 unspecified atom stereocenters. The van der Waals surface area contributed by atoms with E-state index in [1.54, 1.807) is 0 Å². The highest BCUT2D eigenvalue weighted by molar-refractivity contribution is 7.86. The molecule has 78 valence electrons. The van der Waals surface area contributed by atoms with E-state index in [1.807, 2.05) is 0 Å². The van der Waals surface area contributed by atoms with Crippen molar-refractivity contribution in [1.29, 1.82) is 0 Å². The maximum atomic E-state index is 11.8. The van der Waals surface area contributed by atoms with Crippen LogP contribution in [0.1, 0.15) is 33.6 Å². The van der Waals surface area contributed by atoms with Gasteiger partial charge in [-0.05, 0) is 52.6 Å². The Morgan fingerprint density at radius 3 is 2.62 bits per heavy atom. The molecule has 2 nitrogen and oxygen atoms in total. The zero-order chi connectivity index (χ0) is 9.90. The fraction of sp³-hybridized carbons (Fsp3) is 1.00. The Bertz CT molecular complexity index is 180. The molecule has 0 aromatic rings. The second-order valence-corrected chi connectivity index (χ2v) is 7.09. The number of piperidine rings is 1. The van der Waals surface area contributed by atoms with Crippen LogP contribution in [0.4, 0.5) is 0 Å². The molecule has 0 aromatic heterocycles. The van der Waals surface area contributed by atoms with Gasteiger partial charge in [-0.1, -0.05) is 0 Å². The van der Waals surface area contributed by atoms with Crippen LogP contribution in [-0.2, 0) is 10.8 Å². The van der Waals surface area contributed by atoms with Crippen LogP contribution in [-0.4, -0.2) is 27.8 Å². The first-order valence-electron chi connectivity index (χ1n) is 5.09. The molecule has 0 saturated carbocycles. The van der Waals surface area contributed by atoms with Crippen molar-refractivity contribution < 1.29 is 4.21 Å². The van der Waals surface area contributed by atoms with Gasteiger partial charge in [0, 0.05) is 21.3 Å². The molecule has 1 aliphatic rings. The Labute approximate surface area is 83.9 Å². The smallest absolute Gasteiger partial charge is 0.0375 e. The molecule has 1 N–H and O–H groups in total. The predicted octanol–water partition coefficient (Wildman–Crippen LogP) is 1.53. The molecule has 0 radical (unpaired) electrons. The first-order valence-corrected chi connectivity index (χ1v) is 6.41. The van der Waals surface area contributed by atoms with Crippen molar-refractivity contribution in [2.45, 2.75) is 38.4 Å². The van der Waals surface area contributed by atoms with Crippen LogP contribution < -0.4 is 5.32 Å². The van der Waals surface area contributed by atoms with Crippen LogP contribution in [0.2, 0.25) is 0 Å². The van der Waals surface area contributed by atoms with E-state index in [2.05, 4.69) is 26.1 Å². The van der Waals surface area contributed by atoms with Gasteiger partial charge in [0.25, 0.3) is 0 Å². The lowest BCUT2D eigenvalue weighted by molar-refractivity contribution is 0.406. The first-order chi connectivity index (χ1) is 6.00. The highest BCUT2D eigenvalue weighted by Crippen LogP contribution is 2.18. The molecule has 0 amide bonds. The van der Waals surface area contributed by atoms with Crippen molar-refractivity contribution in [1.82, 2.24) is 5.32 Å². The predicted molar refractivity (Wildman–Crippen MR) is 58.4 cm³/mol. The summed E-state index contributed by atoms with van der Waals surface area (Å²) in [6.07, 6.45) is 2.49. The third kappa shape index (κ3) is 3.77. The lowest BCUT2D eigenvalue weighted by Crippen LogP contribution is -2.36. The molecule has 1 saturated heterocycles. The molecule has 3 heteroatoms. The van der Waals surface area contributed by atoms with Gasteiger partial charge in [0.2, 0.25) is 0 Å². The second-order valence-electron chi connectivity index (χ2n) is 4.84. The fourth-order valence-corrected chi connectivity index (χ4v) is 2.74. The van der Waals surface area contributed by atoms with Gasteiger partial charge in [0.15, 0.2) is 0 Å². The SMILES string of the molecule is CC(C)(C)S(=O)CC1CCCNC1. The van der Waals surface area contributed by atoms with Crippen LogP contribution in [0.3, 0.4) is 0 Å². The van der Waals surface area contributed by atoms with Crippen LogP contribution in [0.5, 0.6) is 0 Å². The van der Waals surface area contributed by atoms with E-state index in [0.29, 0.717) is 5.92 Å². The Morgan fingerprint density at radius 2 is 2.15 bits per heavy atom. The van der Waals surface area contributed by atoms with E-state index in [1.165, 1.54) is 12.8 Å². The molecule has 1 aliphatic heterocycles. The molecule has 1 fully saturated rings. The summed E-state index contributed by atoms with van der Waals surface area (Å²) in [6, 6.07) is 0. The number of hydrogen-bond acceptors (Lipinski definition) is 2. The van der Waals surface area contributed by atoms with Gasteiger partial charge in [0.1, 0.15) is 0 Å². The van der Waals surface area contributed by atoms with Gasteiger partial charge < -0.3 is 5.32 Å². The number of hydrogen-bond donors (Lipinski definition) is 1. The quantitative estimate of drug-likeness (QED) is 0.737. The van der Waals surface area contributed by atoms with E-state index in [4.69, 9.17) is 0 Å². The van der Waals surface area contributed by atoms with E-state index in [-0.39, 0.29) is 4.75 Å². The Hall–Kier alpha value is 0.110. The largest absolute Gasteiger partial charge is 0.316 e. The third-order valence-electron chi connectivity index (χ3n) is 2.47. The van der Waals surface area contributed by atoms with Crippen molar-refractivity contribution in [2.24, 2.45) is 5.92 Å². The van der Waals surface area contributed by atoms with Crippen molar-refractivity contribution in [2.75, 3.05) is 18.8 Å². The van der Waals surface area contributed by atoms with Crippen molar-refractivity contribution in [3.8, 4) is 0 Å². The van der Waals surface area contributed by atoms with Gasteiger partial charge in [-0.15, -0.1) is 0 Å². The van der Waals surface area contributed by atoms with Crippen LogP contribution in [0.25, 0.3) is 0 Å². The zero-order valence-corrected chi connectivity index (χ0v) is 9.75. The topological polar surface area (TPSA) is 29.1 Å². The lowest BCUT2D eigenvalue weighted by atomic mass is 10.0. The summed E-state index contributed by atoms with van der Waals surface area (Å²) in [5.74, 6) is 1.50. The highest BCUT2D eigenvalue weighted by atomic mass is 32.2. The van der Waals surface area contributed by atoms with Gasteiger partial charge in [-0.3, -0.25) is 4.21 Å². The number of nitrogens with one attached hydrogen (secondary N) is 1. The molecule has 1 heterocycles. The van der Waals surface area contributed by atoms with E-state index in [0.717, 1.165) is 18.8 Å². The lowest BCUT2D eigenvalue weighted by Gasteiger charge is -2.26. The first kappa shape index (κ1) is 11.2. The summed E-state index contributed by atoms with van der Waals surface area (Å²) in [5, 5.41) is 3.36. The van der Waals surface area contributed by atoms with E-state index < -0.39 is 10.8 Å². The average Bonchev–Trinajstić information content (AvgIpc) is 2.04. The van der Waals surface area contributed by atoms with Crippen LogP contribution in [0.15, 0.2) is 0 Å². The minimum absolute atomic E-state index is 0.0442. The molecular weight excluding hydrogens is 182 g/mol. The highest BCUT2D eigenvalue weighted by Gasteiger charge is 2.23. The summed E-state index contributed by atoms with van der Waals surface area (Å²) >= 11 is 0. The summed E-state index contributed by atoms with van der Waals surface area (Å²) in [5.41, 5.74) is 0. The van der Waals surface area contributed by atoms with E-state index >= 15 is 0 Å². The standard InChI is InChI=1S/C10H21NOS/c1-10(2,3)13(12)8-9-5-4-6-11-7-9/h9,11H,4-8H2,1-3H3. The zero-order valence-electron chi connectivity index (χ0n) is 8.93. The number of rotatable bonds is 2. The third-order valence-corrected chi connectivity index (χ3v) is 4.61. The van der Waals surface area contributed by atoms with E-state index in [9.17, 15) is 4.21 Å². The molecular formula is C10H21NOS. The monoisotopic (exact) mass is 203 g/mol. The fourth-order valence-electron chi connectivity index (χ4n) is 1.53. The van der Waals surface area contributed by atoms with Crippen molar-refractivity contribution >= 4 is 10.8 Å². The van der Waals surface area contributed by atoms with Crippen molar-refractivity contribution in [3.63, 3.8) is 0 Å². The molecule has 2 atom stereocenters. The molecule has 0 aromatic carbocycles. The van der Waals surface area contributed by atoms with Crippen LogP contribution in [0, 0.1) is 5.92 Å². The molecule has 1 rings (SSSR count). The van der Waals surface area contributed by atoms with Gasteiger partial charge in [-0.2, -0.15) is 0 Å². The molecule has 13 heavy (non-hydrogen) atoms. The molecule has 0 aliphatic carbocycles. The second kappa shape index (κ2) is 4.56. The minimum Gasteiger partial charge on any atom is -0.316 e. The molecule has 0 spiro atoms. The normalized spacial score (nSPS) is 27.2. The Morgan fingerprint density at radius 1 is 1.46 bits per heavy atom. The Kier molecular flexibility index (Phi) is 3.92. The van der Waals surface area contributed by atoms with Gasteiger partial charge in [-0.25, -0.2) is 0 Å². The molecule has 0 bridgehead atoms. The summed E-state index contributed by atoms with van der Waals surface area (Å²) in [4.78, 5) is 0. The van der Waals surface area contributed by atoms with Crippen LogP contribution >= 0.6 is 0 Å². The summed E-state index contributed by atoms with van der Waals surface area (Å²) < 4.78 is 11.8. The maximum Gasteiger partial charge on any atom is 0.0375 e.